The van der Waals surface area contributed by atoms with E-state index in [0.717, 1.165) is 21.3 Å². The number of nitrogens with zero attached hydrogens (tertiary/aromatic N) is 2. The molecule has 1 heterocycles. The molecule has 3 nitrogen and oxygen atoms in total. The van der Waals surface area contributed by atoms with Crippen LogP contribution in [0.1, 0.15) is 33.9 Å². The number of rotatable bonds is 3. The first-order valence-electron chi connectivity index (χ1n) is 8.70. The highest BCUT2D eigenvalue weighted by atomic mass is 79.9. The van der Waals surface area contributed by atoms with Crippen molar-refractivity contribution in [3.63, 3.8) is 0 Å². The minimum atomic E-state index is -0.306. The van der Waals surface area contributed by atoms with E-state index >= 15 is 0 Å². The van der Waals surface area contributed by atoms with E-state index in [0.29, 0.717) is 16.5 Å². The molecule has 1 aliphatic heterocycles. The van der Waals surface area contributed by atoms with Crippen LogP contribution in [0.5, 0.6) is 0 Å². The van der Waals surface area contributed by atoms with E-state index < -0.39 is 0 Å². The number of hydrazone groups is 1. The van der Waals surface area contributed by atoms with Crippen molar-refractivity contribution in [2.24, 2.45) is 5.10 Å². The third kappa shape index (κ3) is 3.80. The average Bonchev–Trinajstić information content (AvgIpc) is 3.14. The van der Waals surface area contributed by atoms with Crippen molar-refractivity contribution in [3.8, 4) is 0 Å². The zero-order chi connectivity index (χ0) is 19.7. The number of amides is 1. The fraction of sp³-hybridized carbons (Fsp3) is 0.0909. The molecular formula is C22H15Br2FN2O. The van der Waals surface area contributed by atoms with Crippen molar-refractivity contribution in [1.29, 1.82) is 0 Å². The molecule has 3 aromatic rings. The van der Waals surface area contributed by atoms with Gasteiger partial charge < -0.3 is 0 Å². The maximum absolute atomic E-state index is 13.4. The van der Waals surface area contributed by atoms with Crippen LogP contribution in [-0.2, 0) is 0 Å². The Kier molecular flexibility index (Phi) is 5.42. The van der Waals surface area contributed by atoms with Gasteiger partial charge in [-0.1, -0.05) is 52.3 Å². The normalized spacial score (nSPS) is 16.2. The van der Waals surface area contributed by atoms with Crippen LogP contribution in [-0.4, -0.2) is 16.6 Å². The Labute approximate surface area is 179 Å². The molecule has 6 heteroatoms. The summed E-state index contributed by atoms with van der Waals surface area (Å²) in [6.45, 7) is 0. The smallest absolute Gasteiger partial charge is 0.267 e. The molecule has 0 unspecified atom stereocenters. The van der Waals surface area contributed by atoms with Crippen molar-refractivity contribution >= 4 is 43.5 Å². The summed E-state index contributed by atoms with van der Waals surface area (Å²) in [5, 5.41) is 6.16. The Balaban J connectivity index is 1.75. The fourth-order valence-electron chi connectivity index (χ4n) is 3.22. The van der Waals surface area contributed by atoms with Gasteiger partial charge in [0.2, 0.25) is 0 Å². The summed E-state index contributed by atoms with van der Waals surface area (Å²) in [6.07, 6.45) is 0.559. The summed E-state index contributed by atoms with van der Waals surface area (Å²) in [4.78, 5) is 13.3. The highest BCUT2D eigenvalue weighted by Crippen LogP contribution is 2.35. The molecular weight excluding hydrogens is 487 g/mol. The molecule has 0 spiro atoms. The van der Waals surface area contributed by atoms with Crippen molar-refractivity contribution in [1.82, 2.24) is 5.01 Å². The van der Waals surface area contributed by atoms with Crippen LogP contribution in [0.15, 0.2) is 86.8 Å². The molecule has 1 amide bonds. The fourth-order valence-corrected chi connectivity index (χ4v) is 3.94. The highest BCUT2D eigenvalue weighted by molar-refractivity contribution is 9.10. The second-order valence-corrected chi connectivity index (χ2v) is 8.22. The zero-order valence-electron chi connectivity index (χ0n) is 14.6. The molecule has 0 saturated carbocycles. The molecule has 1 aliphatic rings. The van der Waals surface area contributed by atoms with Crippen LogP contribution in [0.4, 0.5) is 4.39 Å². The van der Waals surface area contributed by atoms with Crippen LogP contribution < -0.4 is 0 Å². The predicted octanol–water partition coefficient (Wildman–Crippen LogP) is 6.34. The third-order valence-corrected chi connectivity index (χ3v) is 5.88. The summed E-state index contributed by atoms with van der Waals surface area (Å²) < 4.78 is 15.1. The van der Waals surface area contributed by atoms with Gasteiger partial charge in [0.05, 0.1) is 17.3 Å². The second-order valence-electron chi connectivity index (χ2n) is 6.45. The van der Waals surface area contributed by atoms with Crippen LogP contribution in [0.2, 0.25) is 0 Å². The van der Waals surface area contributed by atoms with Crippen molar-refractivity contribution in [2.75, 3.05) is 0 Å². The molecule has 0 bridgehead atoms. The Morgan fingerprint density at radius 2 is 1.64 bits per heavy atom. The minimum Gasteiger partial charge on any atom is -0.267 e. The molecule has 0 N–H and O–H groups in total. The number of halogens is 3. The maximum Gasteiger partial charge on any atom is 0.275 e. The molecule has 28 heavy (non-hydrogen) atoms. The summed E-state index contributed by atoms with van der Waals surface area (Å²) in [5.41, 5.74) is 3.16. The van der Waals surface area contributed by atoms with E-state index in [4.69, 9.17) is 0 Å². The van der Waals surface area contributed by atoms with Crippen molar-refractivity contribution < 1.29 is 9.18 Å². The second kappa shape index (κ2) is 7.97. The lowest BCUT2D eigenvalue weighted by atomic mass is 9.98. The van der Waals surface area contributed by atoms with Gasteiger partial charge in [-0.15, -0.1) is 0 Å². The molecule has 0 fully saturated rings. The van der Waals surface area contributed by atoms with Crippen LogP contribution in [0.3, 0.4) is 0 Å². The van der Waals surface area contributed by atoms with Gasteiger partial charge in [-0.3, -0.25) is 4.79 Å². The molecule has 0 radical (unpaired) electrons. The number of hydrogen-bond acceptors (Lipinski definition) is 2. The Bertz CT molecular complexity index is 1050. The first-order valence-corrected chi connectivity index (χ1v) is 10.3. The molecule has 1 atom stereocenters. The summed E-state index contributed by atoms with van der Waals surface area (Å²) in [7, 11) is 0. The summed E-state index contributed by atoms with van der Waals surface area (Å²) in [6, 6.07) is 21.1. The Hall–Kier alpha value is -2.31. The van der Waals surface area contributed by atoms with E-state index in [-0.39, 0.29) is 17.8 Å². The van der Waals surface area contributed by atoms with Crippen molar-refractivity contribution in [3.05, 3.63) is 104 Å². The summed E-state index contributed by atoms with van der Waals surface area (Å²) >= 11 is 6.88. The first-order chi connectivity index (χ1) is 13.5. The number of carbonyl (C=O) groups is 1. The SMILES string of the molecule is O=C(c1ccccc1Br)N1N=C(c2ccc(Br)cc2)C[C@H]1c1ccc(F)cc1. The lowest BCUT2D eigenvalue weighted by molar-refractivity contribution is 0.0710. The molecule has 0 aliphatic carbocycles. The predicted molar refractivity (Wildman–Crippen MR) is 115 cm³/mol. The lowest BCUT2D eigenvalue weighted by Gasteiger charge is -2.22. The number of benzene rings is 3. The van der Waals surface area contributed by atoms with Crippen LogP contribution in [0, 0.1) is 5.82 Å². The quantitative estimate of drug-likeness (QED) is 0.412. The molecule has 4 rings (SSSR count). The van der Waals surface area contributed by atoms with E-state index in [1.807, 2.05) is 42.5 Å². The molecule has 140 valence electrons. The highest BCUT2D eigenvalue weighted by Gasteiger charge is 2.34. The average molecular weight is 502 g/mol. The van der Waals surface area contributed by atoms with Gasteiger partial charge in [0.15, 0.2) is 0 Å². The first kappa shape index (κ1) is 19.0. The Morgan fingerprint density at radius 3 is 2.32 bits per heavy atom. The molecule has 0 aromatic heterocycles. The van der Waals surface area contributed by atoms with Crippen LogP contribution >= 0.6 is 31.9 Å². The molecule has 0 saturated heterocycles. The van der Waals surface area contributed by atoms with Gasteiger partial charge in [0, 0.05) is 15.4 Å². The van der Waals surface area contributed by atoms with Gasteiger partial charge in [-0.05, 0) is 63.5 Å². The van der Waals surface area contributed by atoms with Crippen molar-refractivity contribution in [2.45, 2.75) is 12.5 Å². The van der Waals surface area contributed by atoms with E-state index in [1.165, 1.54) is 17.1 Å². The maximum atomic E-state index is 13.4. The van der Waals surface area contributed by atoms with Gasteiger partial charge in [0.1, 0.15) is 5.82 Å². The standard InChI is InChI=1S/C22H15Br2FN2O/c23-16-9-5-14(6-10-16)20-13-21(15-7-11-17(25)12-8-15)27(26-20)22(28)18-3-1-2-4-19(18)24/h1-12,21H,13H2/t21-/m0/s1. The molecule has 3 aromatic carbocycles. The van der Waals surface area contributed by atoms with E-state index in [9.17, 15) is 9.18 Å². The monoisotopic (exact) mass is 500 g/mol. The number of carbonyl (C=O) groups excluding carboxylic acids is 1. The lowest BCUT2D eigenvalue weighted by Crippen LogP contribution is -2.27. The number of hydrogen-bond donors (Lipinski definition) is 0. The topological polar surface area (TPSA) is 32.7 Å². The van der Waals surface area contributed by atoms with Gasteiger partial charge in [0.25, 0.3) is 5.91 Å². The minimum absolute atomic E-state index is 0.200. The van der Waals surface area contributed by atoms with Gasteiger partial charge in [-0.25, -0.2) is 9.40 Å². The van der Waals surface area contributed by atoms with E-state index in [2.05, 4.69) is 37.0 Å². The third-order valence-electron chi connectivity index (χ3n) is 4.65. The van der Waals surface area contributed by atoms with Gasteiger partial charge >= 0.3 is 0 Å². The van der Waals surface area contributed by atoms with Gasteiger partial charge in [-0.2, -0.15) is 5.10 Å². The van der Waals surface area contributed by atoms with Crippen LogP contribution in [0.25, 0.3) is 0 Å². The Morgan fingerprint density at radius 1 is 0.964 bits per heavy atom. The largest absolute Gasteiger partial charge is 0.275 e. The van der Waals surface area contributed by atoms with E-state index in [1.54, 1.807) is 18.2 Å². The zero-order valence-corrected chi connectivity index (χ0v) is 17.8. The summed E-state index contributed by atoms with van der Waals surface area (Å²) in [5.74, 6) is -0.506.